The van der Waals surface area contributed by atoms with Crippen LogP contribution in [0, 0.1) is 27.7 Å². The minimum absolute atomic E-state index is 0. The summed E-state index contributed by atoms with van der Waals surface area (Å²) in [7, 11) is 0.750. The Morgan fingerprint density at radius 1 is 0.833 bits per heavy atom. The van der Waals surface area contributed by atoms with Gasteiger partial charge in [-0.1, -0.05) is 82.8 Å². The normalized spacial score (nSPS) is 9.00. The first kappa shape index (κ1) is 31.3. The summed E-state index contributed by atoms with van der Waals surface area (Å²) in [5.41, 5.74) is 8.36. The summed E-state index contributed by atoms with van der Waals surface area (Å²) in [6, 6.07) is 25.6. The molecule has 0 unspecified atom stereocenters. The first-order chi connectivity index (χ1) is 13.0. The van der Waals surface area contributed by atoms with Crippen LogP contribution < -0.4 is 24.8 Å². The molecule has 0 aliphatic rings. The predicted molar refractivity (Wildman–Crippen MR) is 125 cm³/mol. The standard InChI is InChI=1S/C15H11.C9H13.C2H7Si.2ClH.Zr/c1-2-6-12(7-3-1)15-11-10-13-8-4-5-9-14(13)15;1-6-5-7(2)9(4)8(6)3;1-3-2;;;/h1-11H;5H,1-4H3;3H,1-2H3;2*1H;/q2*-1;;;;+4/p-2. The number of benzene rings is 2. The third-order valence-corrected chi connectivity index (χ3v) is 4.94. The van der Waals surface area contributed by atoms with Crippen molar-refractivity contribution in [1.82, 2.24) is 0 Å². The zero-order chi connectivity index (χ0) is 19.8. The Hall–Kier alpha value is -0.920. The van der Waals surface area contributed by atoms with Gasteiger partial charge in [0, 0.05) is 9.52 Å². The van der Waals surface area contributed by atoms with Crippen molar-refractivity contribution in [3.05, 3.63) is 95.1 Å². The molecule has 0 saturated carbocycles. The van der Waals surface area contributed by atoms with Crippen molar-refractivity contribution < 1.29 is 51.0 Å². The summed E-state index contributed by atoms with van der Waals surface area (Å²) < 4.78 is 0. The fourth-order valence-corrected chi connectivity index (χ4v) is 3.15. The predicted octanol–water partition coefficient (Wildman–Crippen LogP) is 1.39. The number of rotatable bonds is 1. The number of fused-ring (bicyclic) bond motifs is 1. The van der Waals surface area contributed by atoms with Crippen LogP contribution in [0.2, 0.25) is 13.1 Å². The minimum Gasteiger partial charge on any atom is -1.00 e. The van der Waals surface area contributed by atoms with Crippen molar-refractivity contribution in [2.75, 3.05) is 0 Å². The minimum atomic E-state index is 0. The van der Waals surface area contributed by atoms with Gasteiger partial charge in [0.1, 0.15) is 0 Å². The molecule has 4 aromatic carbocycles. The quantitative estimate of drug-likeness (QED) is 0.256. The maximum Gasteiger partial charge on any atom is 4.00 e. The molecule has 0 saturated heterocycles. The number of hydrogen-bond acceptors (Lipinski definition) is 0. The largest absolute Gasteiger partial charge is 4.00 e. The molecule has 0 aliphatic carbocycles. The second-order valence-electron chi connectivity index (χ2n) is 7.04. The molecule has 0 amide bonds. The van der Waals surface area contributed by atoms with Crippen LogP contribution in [0.4, 0.5) is 0 Å². The van der Waals surface area contributed by atoms with Crippen LogP contribution in [0.25, 0.3) is 21.9 Å². The first-order valence-electron chi connectivity index (χ1n) is 9.63. The van der Waals surface area contributed by atoms with Gasteiger partial charge in [-0.2, -0.15) is 28.3 Å². The van der Waals surface area contributed by atoms with Gasteiger partial charge in [-0.25, -0.2) is 0 Å². The van der Waals surface area contributed by atoms with E-state index in [0.29, 0.717) is 0 Å². The number of aryl methyl sites for hydroxylation is 2. The van der Waals surface area contributed by atoms with E-state index in [1.807, 2.05) is 0 Å². The van der Waals surface area contributed by atoms with Crippen LogP contribution in [-0.4, -0.2) is 9.52 Å². The third-order valence-electron chi connectivity index (χ3n) is 4.94. The molecule has 0 aromatic heterocycles. The maximum absolute atomic E-state index is 2.24. The fraction of sp³-hybridized carbons (Fsp3) is 0.231. The van der Waals surface area contributed by atoms with E-state index < -0.39 is 0 Å². The van der Waals surface area contributed by atoms with Crippen molar-refractivity contribution >= 4 is 20.3 Å². The van der Waals surface area contributed by atoms with Crippen LogP contribution in [-0.2, 0) is 26.2 Å². The molecule has 0 fully saturated rings. The smallest absolute Gasteiger partial charge is 1.00 e. The summed E-state index contributed by atoms with van der Waals surface area (Å²) in [5.74, 6) is 0. The number of halogens is 2. The van der Waals surface area contributed by atoms with E-state index in [-0.39, 0.29) is 51.0 Å². The summed E-state index contributed by atoms with van der Waals surface area (Å²) >= 11 is 0. The molecule has 0 bridgehead atoms. The molecule has 0 N–H and O–H groups in total. The van der Waals surface area contributed by atoms with E-state index >= 15 is 0 Å². The van der Waals surface area contributed by atoms with Gasteiger partial charge in [0.2, 0.25) is 0 Å². The van der Waals surface area contributed by atoms with Crippen LogP contribution in [0.1, 0.15) is 22.3 Å². The molecule has 30 heavy (non-hydrogen) atoms. The molecule has 0 heterocycles. The van der Waals surface area contributed by atoms with E-state index in [4.69, 9.17) is 0 Å². The number of hydrogen-bond donors (Lipinski definition) is 0. The van der Waals surface area contributed by atoms with Gasteiger partial charge in [0.15, 0.2) is 0 Å². The molecule has 4 rings (SSSR count). The van der Waals surface area contributed by atoms with E-state index in [1.54, 1.807) is 0 Å². The van der Waals surface area contributed by atoms with Gasteiger partial charge >= 0.3 is 26.2 Å². The zero-order valence-electron chi connectivity index (χ0n) is 18.8. The van der Waals surface area contributed by atoms with Crippen LogP contribution in [0.5, 0.6) is 0 Å². The van der Waals surface area contributed by atoms with Crippen molar-refractivity contribution in [3.63, 3.8) is 0 Å². The average Bonchev–Trinajstić information content (AvgIpc) is 3.21. The fourth-order valence-electron chi connectivity index (χ4n) is 3.15. The topological polar surface area (TPSA) is 0 Å². The Morgan fingerprint density at radius 3 is 1.83 bits per heavy atom. The van der Waals surface area contributed by atoms with Gasteiger partial charge in [0.05, 0.1) is 0 Å². The Bertz CT molecular complexity index is 949. The molecule has 1 radical (unpaired) electrons. The van der Waals surface area contributed by atoms with E-state index in [9.17, 15) is 0 Å². The van der Waals surface area contributed by atoms with Gasteiger partial charge < -0.3 is 24.8 Å². The van der Waals surface area contributed by atoms with E-state index in [1.165, 1.54) is 44.2 Å². The summed E-state index contributed by atoms with van der Waals surface area (Å²) in [5, 5.41) is 2.65. The van der Waals surface area contributed by atoms with Crippen LogP contribution in [0.3, 0.4) is 0 Å². The Morgan fingerprint density at radius 2 is 1.37 bits per heavy atom. The Labute approximate surface area is 217 Å². The zero-order valence-corrected chi connectivity index (χ0v) is 23.9. The summed E-state index contributed by atoms with van der Waals surface area (Å²) in [6.07, 6.45) is 0. The van der Waals surface area contributed by atoms with Crippen LogP contribution >= 0.6 is 0 Å². The van der Waals surface area contributed by atoms with Crippen molar-refractivity contribution in [3.8, 4) is 11.1 Å². The maximum atomic E-state index is 2.24. The van der Waals surface area contributed by atoms with Gasteiger partial charge in [-0.05, 0) is 0 Å². The van der Waals surface area contributed by atoms with Gasteiger partial charge in [-0.3, -0.25) is 0 Å². The second-order valence-corrected chi connectivity index (χ2v) is 8.19. The van der Waals surface area contributed by atoms with Crippen molar-refractivity contribution in [2.45, 2.75) is 40.8 Å². The summed E-state index contributed by atoms with van der Waals surface area (Å²) in [6.45, 7) is 13.1. The Balaban J connectivity index is 0. The molecular weight excluding hydrogens is 503 g/mol. The second kappa shape index (κ2) is 15.8. The molecule has 0 spiro atoms. The van der Waals surface area contributed by atoms with Crippen molar-refractivity contribution in [2.24, 2.45) is 0 Å². The molecular formula is C26H31Cl2SiZr. The molecule has 4 heteroatoms. The average molecular weight is 534 g/mol. The summed E-state index contributed by atoms with van der Waals surface area (Å²) in [4.78, 5) is 0. The van der Waals surface area contributed by atoms with E-state index in [0.717, 1.165) is 9.52 Å². The van der Waals surface area contributed by atoms with Crippen LogP contribution in [0.15, 0.2) is 72.8 Å². The molecule has 157 valence electrons. The van der Waals surface area contributed by atoms with E-state index in [2.05, 4.69) is 114 Å². The molecule has 0 atom stereocenters. The van der Waals surface area contributed by atoms with Crippen molar-refractivity contribution in [1.29, 1.82) is 0 Å². The first-order valence-corrected chi connectivity index (χ1v) is 11.9. The van der Waals surface area contributed by atoms with Gasteiger partial charge in [0.25, 0.3) is 0 Å². The Kier molecular flexibility index (Phi) is 16.5. The third kappa shape index (κ3) is 8.31. The molecule has 0 nitrogen and oxygen atoms in total. The molecule has 0 aliphatic heterocycles. The van der Waals surface area contributed by atoms with Gasteiger partial charge in [-0.15, -0.1) is 46.7 Å². The SMILES string of the molecule is C[SiH]C.Cc1c[c-](C)c(C)c1C.[Cl-].[Cl-].[Zr+4].c1ccc(-c2c[cH-]c3ccccc23)cc1. The monoisotopic (exact) mass is 531 g/mol. The molecule has 4 aromatic rings.